The minimum atomic E-state index is -3.66. The number of aryl methyl sites for hydroxylation is 3. The van der Waals surface area contributed by atoms with Crippen LogP contribution in [0.1, 0.15) is 29.9 Å². The van der Waals surface area contributed by atoms with Gasteiger partial charge in [-0.25, -0.2) is 8.42 Å². The summed E-state index contributed by atoms with van der Waals surface area (Å²) in [6.45, 7) is 6.59. The molecule has 2 heterocycles. The minimum Gasteiger partial charge on any atom is -0.492 e. The Hall–Kier alpha value is -2.39. The molecule has 1 aromatic carbocycles. The van der Waals surface area contributed by atoms with E-state index in [0.29, 0.717) is 44.8 Å². The van der Waals surface area contributed by atoms with Gasteiger partial charge in [0.15, 0.2) is 5.76 Å². The number of hydrogen-bond acceptors (Lipinski definition) is 6. The summed E-state index contributed by atoms with van der Waals surface area (Å²) in [5.41, 5.74) is 1.52. The molecule has 1 fully saturated rings. The second kappa shape index (κ2) is 8.96. The summed E-state index contributed by atoms with van der Waals surface area (Å²) in [4.78, 5) is 12.5. The molecule has 1 aliphatic rings. The van der Waals surface area contributed by atoms with Crippen LogP contribution in [0, 0.1) is 26.7 Å². The van der Waals surface area contributed by atoms with Crippen LogP contribution in [0.4, 0.5) is 0 Å². The average molecular weight is 422 g/mol. The highest BCUT2D eigenvalue weighted by Gasteiger charge is 2.35. The number of benzene rings is 1. The van der Waals surface area contributed by atoms with Crippen molar-refractivity contribution in [3.8, 4) is 5.75 Å². The Bertz CT molecular complexity index is 925. The largest absolute Gasteiger partial charge is 0.492 e. The maximum atomic E-state index is 12.8. The van der Waals surface area contributed by atoms with Crippen LogP contribution in [-0.4, -0.2) is 50.0 Å². The molecular formula is C20H27N3O5S. The molecule has 1 aliphatic heterocycles. The predicted octanol–water partition coefficient (Wildman–Crippen LogP) is 2.20. The molecule has 0 spiro atoms. The van der Waals surface area contributed by atoms with Crippen LogP contribution in [0.25, 0.3) is 0 Å². The maximum Gasteiger partial charge on any atom is 0.248 e. The quantitative estimate of drug-likeness (QED) is 0.688. The van der Waals surface area contributed by atoms with Gasteiger partial charge >= 0.3 is 0 Å². The normalized spacial score (nSPS) is 16.0. The first-order chi connectivity index (χ1) is 13.8. The van der Waals surface area contributed by atoms with E-state index < -0.39 is 10.0 Å². The van der Waals surface area contributed by atoms with E-state index in [-0.39, 0.29) is 22.5 Å². The molecule has 0 aliphatic carbocycles. The number of ether oxygens (including phenoxy) is 1. The molecule has 3 rings (SSSR count). The van der Waals surface area contributed by atoms with E-state index >= 15 is 0 Å². The third-order valence-corrected chi connectivity index (χ3v) is 7.23. The number of nitrogens with one attached hydrogen (secondary N) is 1. The van der Waals surface area contributed by atoms with Gasteiger partial charge in [-0.15, -0.1) is 0 Å². The highest BCUT2D eigenvalue weighted by atomic mass is 32.2. The predicted molar refractivity (Wildman–Crippen MR) is 107 cm³/mol. The maximum absolute atomic E-state index is 12.8. The molecular weight excluding hydrogens is 394 g/mol. The summed E-state index contributed by atoms with van der Waals surface area (Å²) in [6.07, 6.45) is 0.959. The van der Waals surface area contributed by atoms with E-state index in [0.717, 1.165) is 11.3 Å². The fourth-order valence-electron chi connectivity index (χ4n) is 3.45. The van der Waals surface area contributed by atoms with Gasteiger partial charge in [-0.1, -0.05) is 22.9 Å². The van der Waals surface area contributed by atoms with Crippen molar-refractivity contribution < 1.29 is 22.5 Å². The molecule has 0 atom stereocenters. The van der Waals surface area contributed by atoms with Crippen molar-refractivity contribution in [1.82, 2.24) is 14.8 Å². The van der Waals surface area contributed by atoms with Gasteiger partial charge in [-0.3, -0.25) is 4.79 Å². The highest BCUT2D eigenvalue weighted by Crippen LogP contribution is 2.27. The van der Waals surface area contributed by atoms with Gasteiger partial charge in [0.05, 0.1) is 6.54 Å². The topological polar surface area (TPSA) is 102 Å². The number of hydrogen-bond donors (Lipinski definition) is 1. The van der Waals surface area contributed by atoms with Crippen molar-refractivity contribution in [2.45, 2.75) is 38.5 Å². The molecule has 0 radical (unpaired) electrons. The van der Waals surface area contributed by atoms with Crippen molar-refractivity contribution in [2.75, 3.05) is 26.2 Å². The Balaban J connectivity index is 1.45. The third kappa shape index (κ3) is 4.97. The molecule has 9 heteroatoms. The van der Waals surface area contributed by atoms with Gasteiger partial charge in [0.1, 0.15) is 22.9 Å². The Kier molecular flexibility index (Phi) is 6.59. The zero-order valence-corrected chi connectivity index (χ0v) is 17.8. The van der Waals surface area contributed by atoms with Crippen LogP contribution in [0.3, 0.4) is 0 Å². The SMILES string of the molecule is Cc1ccc(OCCNC(=O)C2CCN(S(=O)(=O)c3c(C)noc3C)CC2)cc1. The first kappa shape index (κ1) is 21.3. The first-order valence-corrected chi connectivity index (χ1v) is 11.1. The van der Waals surface area contributed by atoms with Gasteiger partial charge in [0.25, 0.3) is 0 Å². The Labute approximate surface area is 171 Å². The molecule has 29 heavy (non-hydrogen) atoms. The molecule has 158 valence electrons. The summed E-state index contributed by atoms with van der Waals surface area (Å²) in [5, 5.41) is 6.61. The van der Waals surface area contributed by atoms with Gasteiger partial charge in [-0.2, -0.15) is 4.31 Å². The van der Waals surface area contributed by atoms with Crippen molar-refractivity contribution in [2.24, 2.45) is 5.92 Å². The molecule has 0 saturated carbocycles. The monoisotopic (exact) mass is 421 g/mol. The number of sulfonamides is 1. The molecule has 0 unspecified atom stereocenters. The third-order valence-electron chi connectivity index (χ3n) is 5.08. The molecule has 0 bridgehead atoms. The summed E-state index contributed by atoms with van der Waals surface area (Å²) in [5.74, 6) is 0.788. The Morgan fingerprint density at radius 3 is 2.45 bits per heavy atom. The van der Waals surface area contributed by atoms with E-state index in [1.807, 2.05) is 31.2 Å². The van der Waals surface area contributed by atoms with Gasteiger partial charge < -0.3 is 14.6 Å². The first-order valence-electron chi connectivity index (χ1n) is 9.69. The van der Waals surface area contributed by atoms with Crippen LogP contribution in [0.2, 0.25) is 0 Å². The summed E-state index contributed by atoms with van der Waals surface area (Å²) >= 11 is 0. The van der Waals surface area contributed by atoms with Gasteiger partial charge in [0, 0.05) is 19.0 Å². The zero-order chi connectivity index (χ0) is 21.0. The fourth-order valence-corrected chi connectivity index (χ4v) is 5.21. The zero-order valence-electron chi connectivity index (χ0n) is 17.0. The van der Waals surface area contributed by atoms with Crippen molar-refractivity contribution in [3.63, 3.8) is 0 Å². The minimum absolute atomic E-state index is 0.0631. The smallest absolute Gasteiger partial charge is 0.248 e. The molecule has 1 N–H and O–H groups in total. The van der Waals surface area contributed by atoms with Gasteiger partial charge in [-0.05, 0) is 45.7 Å². The molecule has 1 saturated heterocycles. The summed E-state index contributed by atoms with van der Waals surface area (Å²) in [7, 11) is -3.66. The molecule has 2 aromatic rings. The standard InChI is InChI=1S/C20H27N3O5S/c1-14-4-6-18(7-5-14)27-13-10-21-20(24)17-8-11-23(12-9-17)29(25,26)19-15(2)22-28-16(19)3/h4-7,17H,8-13H2,1-3H3,(H,21,24). The lowest BCUT2D eigenvalue weighted by Crippen LogP contribution is -2.43. The summed E-state index contributed by atoms with van der Waals surface area (Å²) in [6, 6.07) is 7.73. The van der Waals surface area contributed by atoms with Crippen LogP contribution in [0.5, 0.6) is 5.75 Å². The highest BCUT2D eigenvalue weighted by molar-refractivity contribution is 7.89. The van der Waals surface area contributed by atoms with Crippen molar-refractivity contribution in [1.29, 1.82) is 0 Å². The van der Waals surface area contributed by atoms with E-state index in [1.54, 1.807) is 13.8 Å². The number of rotatable bonds is 7. The number of piperidine rings is 1. The number of amides is 1. The number of carbonyl (C=O) groups is 1. The van der Waals surface area contributed by atoms with Crippen LogP contribution in [-0.2, 0) is 14.8 Å². The van der Waals surface area contributed by atoms with E-state index in [2.05, 4.69) is 10.5 Å². The van der Waals surface area contributed by atoms with Crippen LogP contribution in [0.15, 0.2) is 33.7 Å². The number of nitrogens with zero attached hydrogens (tertiary/aromatic N) is 2. The fraction of sp³-hybridized carbons (Fsp3) is 0.500. The van der Waals surface area contributed by atoms with Crippen LogP contribution >= 0.6 is 0 Å². The number of carbonyl (C=O) groups excluding carboxylic acids is 1. The van der Waals surface area contributed by atoms with Crippen molar-refractivity contribution in [3.05, 3.63) is 41.3 Å². The Morgan fingerprint density at radius 1 is 1.21 bits per heavy atom. The van der Waals surface area contributed by atoms with Crippen molar-refractivity contribution >= 4 is 15.9 Å². The summed E-state index contributed by atoms with van der Waals surface area (Å²) < 4.78 is 37.7. The van der Waals surface area contributed by atoms with E-state index in [9.17, 15) is 13.2 Å². The molecule has 1 amide bonds. The van der Waals surface area contributed by atoms with Crippen LogP contribution < -0.4 is 10.1 Å². The second-order valence-corrected chi connectivity index (χ2v) is 9.16. The molecule has 8 nitrogen and oxygen atoms in total. The molecule has 1 aromatic heterocycles. The number of aromatic nitrogens is 1. The Morgan fingerprint density at radius 2 is 1.86 bits per heavy atom. The average Bonchev–Trinajstić information content (AvgIpc) is 3.05. The second-order valence-electron chi connectivity index (χ2n) is 7.28. The van der Waals surface area contributed by atoms with Gasteiger partial charge in [0.2, 0.25) is 15.9 Å². The van der Waals surface area contributed by atoms with E-state index in [4.69, 9.17) is 9.26 Å². The lowest BCUT2D eigenvalue weighted by atomic mass is 9.97. The lowest BCUT2D eigenvalue weighted by Gasteiger charge is -2.30. The lowest BCUT2D eigenvalue weighted by molar-refractivity contribution is -0.126. The van der Waals surface area contributed by atoms with E-state index in [1.165, 1.54) is 4.31 Å².